The summed E-state index contributed by atoms with van der Waals surface area (Å²) in [5, 5.41) is 3.02. The maximum Gasteiger partial charge on any atom is 0.0191 e. The second-order valence-electron chi connectivity index (χ2n) is 1.68. The van der Waals surface area contributed by atoms with Crippen LogP contribution < -0.4 is 16.8 Å². The Morgan fingerprint density at radius 1 is 1.50 bits per heavy atom. The Balaban J connectivity index is 2.86. The van der Waals surface area contributed by atoms with Gasteiger partial charge in [-0.2, -0.15) is 0 Å². The van der Waals surface area contributed by atoms with Gasteiger partial charge in [0.05, 0.1) is 0 Å². The number of hydrogen-bond acceptors (Lipinski definition) is 3. The predicted molar refractivity (Wildman–Crippen MR) is 35.3 cm³/mol. The Morgan fingerprint density at radius 2 is 2.12 bits per heavy atom. The van der Waals surface area contributed by atoms with Gasteiger partial charge < -0.3 is 16.8 Å². The molecule has 0 aromatic rings. The van der Waals surface area contributed by atoms with E-state index in [4.69, 9.17) is 11.5 Å². The molecule has 0 amide bonds. The highest BCUT2D eigenvalue weighted by molar-refractivity contribution is 4.68. The molecule has 0 rings (SSSR count). The number of hydrogen-bond donors (Lipinski definition) is 3. The van der Waals surface area contributed by atoms with Crippen LogP contribution in [0.4, 0.5) is 0 Å². The molecule has 3 heteroatoms. The van der Waals surface area contributed by atoms with E-state index in [1.807, 2.05) is 0 Å². The van der Waals surface area contributed by atoms with Gasteiger partial charge in [0.15, 0.2) is 0 Å². The van der Waals surface area contributed by atoms with Gasteiger partial charge in [-0.3, -0.25) is 0 Å². The maximum absolute atomic E-state index is 5.25. The van der Waals surface area contributed by atoms with Crippen LogP contribution in [-0.2, 0) is 0 Å². The first-order valence-corrected chi connectivity index (χ1v) is 2.78. The van der Waals surface area contributed by atoms with Crippen molar-refractivity contribution in [2.24, 2.45) is 11.5 Å². The molecule has 0 aliphatic carbocycles. The minimum atomic E-state index is 0.151. The molecule has 0 fully saturated rings. The molecule has 8 heavy (non-hydrogen) atoms. The normalized spacial score (nSPS) is 13.9. The summed E-state index contributed by atoms with van der Waals surface area (Å²) in [6.07, 6.45) is 0. The smallest absolute Gasteiger partial charge is 0.0191 e. The van der Waals surface area contributed by atoms with Crippen LogP contribution in [-0.4, -0.2) is 25.7 Å². The maximum atomic E-state index is 5.25. The summed E-state index contributed by atoms with van der Waals surface area (Å²) >= 11 is 0. The van der Waals surface area contributed by atoms with Gasteiger partial charge in [-0.15, -0.1) is 0 Å². The molecular weight excluding hydrogens is 102 g/mol. The van der Waals surface area contributed by atoms with Gasteiger partial charge in [-0.25, -0.2) is 0 Å². The van der Waals surface area contributed by atoms with Crippen LogP contribution >= 0.6 is 0 Å². The SMILES string of the molecule is [CH2]C(CN)NCCN. The van der Waals surface area contributed by atoms with Crippen LogP contribution in [0.15, 0.2) is 0 Å². The van der Waals surface area contributed by atoms with Crippen LogP contribution in [0.25, 0.3) is 0 Å². The third-order valence-electron chi connectivity index (χ3n) is 0.862. The van der Waals surface area contributed by atoms with Gasteiger partial charge in [0, 0.05) is 25.7 Å². The van der Waals surface area contributed by atoms with E-state index >= 15 is 0 Å². The lowest BCUT2D eigenvalue weighted by Crippen LogP contribution is -2.36. The summed E-state index contributed by atoms with van der Waals surface area (Å²) in [5.41, 5.74) is 10.4. The van der Waals surface area contributed by atoms with Crippen molar-refractivity contribution in [3.8, 4) is 0 Å². The molecule has 5 N–H and O–H groups in total. The average Bonchev–Trinajstić information content (AvgIpc) is 1.83. The van der Waals surface area contributed by atoms with Crippen molar-refractivity contribution >= 4 is 0 Å². The van der Waals surface area contributed by atoms with Crippen LogP contribution in [0.5, 0.6) is 0 Å². The molecule has 1 unspecified atom stereocenters. The van der Waals surface area contributed by atoms with E-state index in [2.05, 4.69) is 12.2 Å². The Bertz CT molecular complexity index is 46.9. The third kappa shape index (κ3) is 4.05. The van der Waals surface area contributed by atoms with Gasteiger partial charge >= 0.3 is 0 Å². The topological polar surface area (TPSA) is 64.1 Å². The Morgan fingerprint density at radius 3 is 2.50 bits per heavy atom. The molecular formula is C5H14N3. The first-order chi connectivity index (χ1) is 3.81. The van der Waals surface area contributed by atoms with E-state index in [0.29, 0.717) is 13.1 Å². The summed E-state index contributed by atoms with van der Waals surface area (Å²) in [6, 6.07) is 0.151. The van der Waals surface area contributed by atoms with Crippen molar-refractivity contribution < 1.29 is 0 Å². The van der Waals surface area contributed by atoms with Crippen LogP contribution in [0.1, 0.15) is 0 Å². The highest BCUT2D eigenvalue weighted by atomic mass is 14.9. The fourth-order valence-corrected chi connectivity index (χ4v) is 0.371. The predicted octanol–water partition coefficient (Wildman–Crippen LogP) is -1.30. The zero-order valence-electron chi connectivity index (χ0n) is 5.06. The Hall–Kier alpha value is -0.120. The van der Waals surface area contributed by atoms with E-state index in [1.165, 1.54) is 0 Å². The van der Waals surface area contributed by atoms with Crippen molar-refractivity contribution in [2.75, 3.05) is 19.6 Å². The largest absolute Gasteiger partial charge is 0.329 e. The molecule has 1 radical (unpaired) electrons. The van der Waals surface area contributed by atoms with Crippen molar-refractivity contribution in [3.05, 3.63) is 6.92 Å². The van der Waals surface area contributed by atoms with E-state index in [9.17, 15) is 0 Å². The lowest BCUT2D eigenvalue weighted by atomic mass is 10.3. The minimum absolute atomic E-state index is 0.151. The van der Waals surface area contributed by atoms with Crippen molar-refractivity contribution in [1.29, 1.82) is 0 Å². The highest BCUT2D eigenvalue weighted by Crippen LogP contribution is 1.70. The average molecular weight is 116 g/mol. The molecule has 0 heterocycles. The summed E-state index contributed by atoms with van der Waals surface area (Å²) in [6.45, 7) is 5.71. The van der Waals surface area contributed by atoms with Crippen LogP contribution in [0.3, 0.4) is 0 Å². The highest BCUT2D eigenvalue weighted by Gasteiger charge is 1.92. The quantitative estimate of drug-likeness (QED) is 0.427. The van der Waals surface area contributed by atoms with Crippen LogP contribution in [0.2, 0.25) is 0 Å². The fraction of sp³-hybridized carbons (Fsp3) is 0.800. The standard InChI is InChI=1S/C5H14N3/c1-5(4-7)8-3-2-6/h5,8H,1-4,6-7H2. The van der Waals surface area contributed by atoms with E-state index in [1.54, 1.807) is 0 Å². The lowest BCUT2D eigenvalue weighted by Gasteiger charge is -2.07. The minimum Gasteiger partial charge on any atom is -0.329 e. The van der Waals surface area contributed by atoms with E-state index in [0.717, 1.165) is 6.54 Å². The number of nitrogens with one attached hydrogen (secondary N) is 1. The number of rotatable bonds is 4. The molecule has 0 saturated carbocycles. The van der Waals surface area contributed by atoms with Crippen molar-refractivity contribution in [3.63, 3.8) is 0 Å². The molecule has 3 nitrogen and oxygen atoms in total. The molecule has 0 aromatic heterocycles. The molecule has 49 valence electrons. The number of nitrogens with two attached hydrogens (primary N) is 2. The summed E-state index contributed by atoms with van der Waals surface area (Å²) in [7, 11) is 0. The zero-order valence-corrected chi connectivity index (χ0v) is 5.06. The second-order valence-corrected chi connectivity index (χ2v) is 1.68. The van der Waals surface area contributed by atoms with Crippen molar-refractivity contribution in [2.45, 2.75) is 6.04 Å². The molecule has 0 aromatic carbocycles. The van der Waals surface area contributed by atoms with Crippen LogP contribution in [0, 0.1) is 6.92 Å². The fourth-order valence-electron chi connectivity index (χ4n) is 0.371. The summed E-state index contributed by atoms with van der Waals surface area (Å²) in [5.74, 6) is 0. The van der Waals surface area contributed by atoms with E-state index in [-0.39, 0.29) is 6.04 Å². The first kappa shape index (κ1) is 7.88. The third-order valence-corrected chi connectivity index (χ3v) is 0.862. The second kappa shape index (κ2) is 5.03. The van der Waals surface area contributed by atoms with Gasteiger partial charge in [-0.05, 0) is 6.92 Å². The molecule has 0 saturated heterocycles. The molecule has 0 aliphatic heterocycles. The van der Waals surface area contributed by atoms with Gasteiger partial charge in [0.1, 0.15) is 0 Å². The van der Waals surface area contributed by atoms with E-state index < -0.39 is 0 Å². The molecule has 0 bridgehead atoms. The summed E-state index contributed by atoms with van der Waals surface area (Å²) < 4.78 is 0. The van der Waals surface area contributed by atoms with Gasteiger partial charge in [0.25, 0.3) is 0 Å². The van der Waals surface area contributed by atoms with Gasteiger partial charge in [-0.1, -0.05) is 0 Å². The van der Waals surface area contributed by atoms with Gasteiger partial charge in [0.2, 0.25) is 0 Å². The summed E-state index contributed by atoms with van der Waals surface area (Å²) in [4.78, 5) is 0. The van der Waals surface area contributed by atoms with Crippen molar-refractivity contribution in [1.82, 2.24) is 5.32 Å². The molecule has 0 aliphatic rings. The molecule has 1 atom stereocenters. The first-order valence-electron chi connectivity index (χ1n) is 2.78. The lowest BCUT2D eigenvalue weighted by molar-refractivity contribution is 0.603. The monoisotopic (exact) mass is 116 g/mol. The Labute approximate surface area is 50.4 Å². The Kier molecular flexibility index (Phi) is 4.95. The zero-order chi connectivity index (χ0) is 6.41. The molecule has 0 spiro atoms.